The predicted molar refractivity (Wildman–Crippen MR) is 96.3 cm³/mol. The predicted octanol–water partition coefficient (Wildman–Crippen LogP) is 2.80. The number of halogens is 1. The number of amides is 1. The largest absolute Gasteiger partial charge is 0.496 e. The molecule has 2 N–H and O–H groups in total. The van der Waals surface area contributed by atoms with Gasteiger partial charge in [0.1, 0.15) is 5.75 Å². The monoisotopic (exact) mass is 340 g/mol. The maximum Gasteiger partial charge on any atom is 0.220 e. The lowest BCUT2D eigenvalue weighted by Gasteiger charge is -2.30. The highest BCUT2D eigenvalue weighted by atomic mass is 35.5. The fourth-order valence-electron chi connectivity index (χ4n) is 3.13. The van der Waals surface area contributed by atoms with Crippen molar-refractivity contribution >= 4 is 18.3 Å². The second kappa shape index (κ2) is 9.78. The van der Waals surface area contributed by atoms with Crippen molar-refractivity contribution in [3.63, 3.8) is 0 Å². The maximum absolute atomic E-state index is 12.2. The number of methoxy groups -OCH3 is 1. The van der Waals surface area contributed by atoms with Gasteiger partial charge < -0.3 is 15.4 Å². The molecule has 0 aliphatic carbocycles. The van der Waals surface area contributed by atoms with E-state index in [0.29, 0.717) is 24.3 Å². The van der Waals surface area contributed by atoms with E-state index < -0.39 is 0 Å². The van der Waals surface area contributed by atoms with Crippen LogP contribution in [0.15, 0.2) is 24.3 Å². The molecule has 130 valence electrons. The Balaban J connectivity index is 0.00000264. The Morgan fingerprint density at radius 2 is 2.17 bits per heavy atom. The molecule has 5 heteroatoms. The summed E-state index contributed by atoms with van der Waals surface area (Å²) in [7, 11) is 1.69. The van der Waals surface area contributed by atoms with Gasteiger partial charge >= 0.3 is 0 Å². The van der Waals surface area contributed by atoms with E-state index in [1.807, 2.05) is 18.2 Å². The van der Waals surface area contributed by atoms with Crippen LogP contribution in [0, 0.1) is 11.8 Å². The van der Waals surface area contributed by atoms with Crippen LogP contribution in [0.3, 0.4) is 0 Å². The number of benzene rings is 1. The molecule has 1 saturated heterocycles. The fourth-order valence-corrected chi connectivity index (χ4v) is 3.13. The van der Waals surface area contributed by atoms with Crippen molar-refractivity contribution in [3.8, 4) is 5.75 Å². The average Bonchev–Trinajstić information content (AvgIpc) is 2.50. The molecule has 1 heterocycles. The van der Waals surface area contributed by atoms with E-state index in [4.69, 9.17) is 4.74 Å². The van der Waals surface area contributed by atoms with Gasteiger partial charge in [-0.1, -0.05) is 32.0 Å². The van der Waals surface area contributed by atoms with Crippen LogP contribution < -0.4 is 15.4 Å². The number of hydrogen-bond donors (Lipinski definition) is 2. The molecule has 23 heavy (non-hydrogen) atoms. The third-order valence-corrected chi connectivity index (χ3v) is 4.43. The molecule has 1 aromatic carbocycles. The minimum atomic E-state index is 0. The first kappa shape index (κ1) is 19.8. The summed E-state index contributed by atoms with van der Waals surface area (Å²) in [6.45, 7) is 6.29. The molecule has 0 aromatic heterocycles. The molecule has 0 spiro atoms. The van der Waals surface area contributed by atoms with E-state index in [1.54, 1.807) is 7.11 Å². The molecule has 1 aromatic rings. The molecule has 4 nitrogen and oxygen atoms in total. The topological polar surface area (TPSA) is 50.4 Å². The first-order valence-electron chi connectivity index (χ1n) is 8.22. The number of rotatable bonds is 6. The minimum Gasteiger partial charge on any atom is -0.496 e. The van der Waals surface area contributed by atoms with Crippen LogP contribution in [0.2, 0.25) is 0 Å². The number of ether oxygens (including phenoxy) is 1. The van der Waals surface area contributed by atoms with Crippen molar-refractivity contribution in [2.75, 3.05) is 20.2 Å². The molecule has 3 atom stereocenters. The lowest BCUT2D eigenvalue weighted by Crippen LogP contribution is -2.48. The van der Waals surface area contributed by atoms with Crippen molar-refractivity contribution in [1.82, 2.24) is 10.6 Å². The lowest BCUT2D eigenvalue weighted by atomic mass is 9.93. The number of hydrogen-bond acceptors (Lipinski definition) is 3. The highest BCUT2D eigenvalue weighted by Crippen LogP contribution is 2.22. The van der Waals surface area contributed by atoms with Crippen molar-refractivity contribution in [3.05, 3.63) is 29.8 Å². The van der Waals surface area contributed by atoms with E-state index >= 15 is 0 Å². The number of piperidine rings is 1. The normalized spacial score (nSPS) is 21.9. The van der Waals surface area contributed by atoms with Gasteiger partial charge in [0.2, 0.25) is 5.91 Å². The summed E-state index contributed by atoms with van der Waals surface area (Å²) in [4.78, 5) is 12.2. The van der Waals surface area contributed by atoms with Crippen molar-refractivity contribution in [1.29, 1.82) is 0 Å². The molecule has 0 saturated carbocycles. The summed E-state index contributed by atoms with van der Waals surface area (Å²) in [5, 5.41) is 6.56. The Kier molecular flexibility index (Phi) is 8.42. The number of carbonyl (C=O) groups is 1. The van der Waals surface area contributed by atoms with Crippen molar-refractivity contribution in [2.45, 2.75) is 39.2 Å². The molecule has 0 bridgehead atoms. The van der Waals surface area contributed by atoms with E-state index in [2.05, 4.69) is 30.5 Å². The summed E-state index contributed by atoms with van der Waals surface area (Å²) in [6.07, 6.45) is 2.45. The van der Waals surface area contributed by atoms with Gasteiger partial charge in [-0.05, 0) is 49.4 Å². The van der Waals surface area contributed by atoms with Crippen LogP contribution in [-0.4, -0.2) is 32.1 Å². The third kappa shape index (κ3) is 6.04. The molecular formula is C18H29ClN2O2. The Hall–Kier alpha value is -1.26. The zero-order valence-electron chi connectivity index (χ0n) is 14.3. The second-order valence-electron chi connectivity index (χ2n) is 6.47. The molecule has 1 aliphatic heterocycles. The van der Waals surface area contributed by atoms with Gasteiger partial charge in [0.15, 0.2) is 0 Å². The first-order valence-corrected chi connectivity index (χ1v) is 8.22. The standard InChI is InChI=1S/C18H28N2O2.ClH/c1-13(10-15-6-4-5-7-17(15)22-3)11-18(21)20-16-8-9-19-12-14(16)2;/h4-7,13-14,16,19H,8-12H2,1-3H3,(H,20,21);1H. The Labute approximate surface area is 145 Å². The van der Waals surface area contributed by atoms with Gasteiger partial charge in [0.05, 0.1) is 7.11 Å². The van der Waals surface area contributed by atoms with Crippen LogP contribution in [0.25, 0.3) is 0 Å². The van der Waals surface area contributed by atoms with Gasteiger partial charge in [0.25, 0.3) is 0 Å². The van der Waals surface area contributed by atoms with Gasteiger partial charge in [-0.25, -0.2) is 0 Å². The van der Waals surface area contributed by atoms with Gasteiger partial charge in [-0.3, -0.25) is 4.79 Å². The minimum absolute atomic E-state index is 0. The van der Waals surface area contributed by atoms with Crippen LogP contribution in [0.5, 0.6) is 5.75 Å². The summed E-state index contributed by atoms with van der Waals surface area (Å²) >= 11 is 0. The number of para-hydroxylation sites is 1. The molecule has 1 fully saturated rings. The molecule has 3 unspecified atom stereocenters. The Morgan fingerprint density at radius 1 is 1.43 bits per heavy atom. The molecule has 1 amide bonds. The average molecular weight is 341 g/mol. The molecule has 0 radical (unpaired) electrons. The van der Waals surface area contributed by atoms with E-state index in [1.165, 1.54) is 5.56 Å². The SMILES string of the molecule is COc1ccccc1CC(C)CC(=O)NC1CCNCC1C.Cl. The Morgan fingerprint density at radius 3 is 2.87 bits per heavy atom. The molecule has 2 rings (SSSR count). The Bertz CT molecular complexity index is 496. The van der Waals surface area contributed by atoms with Gasteiger partial charge in [-0.15, -0.1) is 12.4 Å². The zero-order valence-corrected chi connectivity index (χ0v) is 15.1. The summed E-state index contributed by atoms with van der Waals surface area (Å²) in [6, 6.07) is 8.34. The smallest absolute Gasteiger partial charge is 0.220 e. The lowest BCUT2D eigenvalue weighted by molar-refractivity contribution is -0.123. The third-order valence-electron chi connectivity index (χ3n) is 4.43. The summed E-state index contributed by atoms with van der Waals surface area (Å²) in [5.74, 6) is 1.87. The quantitative estimate of drug-likeness (QED) is 0.837. The van der Waals surface area contributed by atoms with Gasteiger partial charge in [0, 0.05) is 12.5 Å². The first-order chi connectivity index (χ1) is 10.6. The summed E-state index contributed by atoms with van der Waals surface area (Å²) in [5.41, 5.74) is 1.17. The molecular weight excluding hydrogens is 312 g/mol. The summed E-state index contributed by atoms with van der Waals surface area (Å²) < 4.78 is 5.38. The van der Waals surface area contributed by atoms with Gasteiger partial charge in [-0.2, -0.15) is 0 Å². The second-order valence-corrected chi connectivity index (χ2v) is 6.47. The van der Waals surface area contributed by atoms with Crippen molar-refractivity contribution in [2.24, 2.45) is 11.8 Å². The fraction of sp³-hybridized carbons (Fsp3) is 0.611. The highest BCUT2D eigenvalue weighted by molar-refractivity contribution is 5.85. The highest BCUT2D eigenvalue weighted by Gasteiger charge is 2.23. The van der Waals surface area contributed by atoms with E-state index in [-0.39, 0.29) is 18.3 Å². The number of carbonyl (C=O) groups excluding carboxylic acids is 1. The van der Waals surface area contributed by atoms with Crippen LogP contribution in [0.4, 0.5) is 0 Å². The van der Waals surface area contributed by atoms with Crippen LogP contribution in [-0.2, 0) is 11.2 Å². The number of nitrogens with one attached hydrogen (secondary N) is 2. The van der Waals surface area contributed by atoms with Crippen LogP contribution >= 0.6 is 12.4 Å². The van der Waals surface area contributed by atoms with Crippen LogP contribution in [0.1, 0.15) is 32.3 Å². The molecule has 1 aliphatic rings. The van der Waals surface area contributed by atoms with E-state index in [9.17, 15) is 4.79 Å². The van der Waals surface area contributed by atoms with E-state index in [0.717, 1.165) is 31.7 Å². The maximum atomic E-state index is 12.2. The zero-order chi connectivity index (χ0) is 15.9. The van der Waals surface area contributed by atoms with Crippen molar-refractivity contribution < 1.29 is 9.53 Å².